The predicted octanol–water partition coefficient (Wildman–Crippen LogP) is 9.63. The molecule has 4 rings (SSSR count). The summed E-state index contributed by atoms with van der Waals surface area (Å²) in [5.74, 6) is -3.73. The van der Waals surface area contributed by atoms with Crippen LogP contribution in [0.5, 0.6) is 0 Å². The highest BCUT2D eigenvalue weighted by Gasteiger charge is 2.77. The van der Waals surface area contributed by atoms with Gasteiger partial charge in [-0.3, -0.25) is 14.4 Å². The van der Waals surface area contributed by atoms with E-state index < -0.39 is 68.9 Å². The molecule has 0 aromatic heterocycles. The fraction of sp³-hybridized carbons (Fsp3) is 0.763. The number of unbranched alkanes of at least 4 members (excludes halogenated alkanes) is 9. The molecule has 5 nitrogen and oxygen atoms in total. The van der Waals surface area contributed by atoms with Crippen LogP contribution in [0.15, 0.2) is 35.7 Å². The SMILES string of the molecule is CCCCCCC=CCCCCCCCC(=O)O[C@]1(C(=O)SCF)[C@H](C)CC2C3CC(F)=C4CC(=O)C=C[C@]4(C)[C@@]3(F)[C@@H](O)C[C@@]21C. The van der Waals surface area contributed by atoms with Crippen molar-refractivity contribution in [3.63, 3.8) is 0 Å². The zero-order valence-electron chi connectivity index (χ0n) is 28.8. The Kier molecular flexibility index (Phi) is 12.7. The molecule has 0 aliphatic heterocycles. The normalized spacial score (nSPS) is 36.4. The predicted molar refractivity (Wildman–Crippen MR) is 181 cm³/mol. The largest absolute Gasteiger partial charge is 0.449 e. The molecule has 2 saturated carbocycles. The summed E-state index contributed by atoms with van der Waals surface area (Å²) < 4.78 is 53.2. The van der Waals surface area contributed by atoms with Crippen molar-refractivity contribution < 1.29 is 37.4 Å². The van der Waals surface area contributed by atoms with Crippen LogP contribution in [0.1, 0.15) is 130 Å². The minimum atomic E-state index is -2.31. The van der Waals surface area contributed by atoms with Gasteiger partial charge in [-0.2, -0.15) is 0 Å². The summed E-state index contributed by atoms with van der Waals surface area (Å²) in [6, 6.07) is -1.02. The van der Waals surface area contributed by atoms with Gasteiger partial charge in [0.25, 0.3) is 0 Å². The average Bonchev–Trinajstić information content (AvgIpc) is 3.24. The van der Waals surface area contributed by atoms with Gasteiger partial charge in [-0.25, -0.2) is 13.2 Å². The number of halogens is 3. The standard InChI is InChI=1S/C38H55F3O5S/c1-5-6-7-8-9-10-11-12-13-14-15-16-17-18-33(44)46-38(34(45)47-25-39)26(2)21-28-29-23-31(40)30-22-27(42)19-20-35(30,3)37(29,41)32(43)24-36(28,38)4/h10-11,19-20,26,28-29,32,43H,5-9,12-18,21-25H2,1-4H3/t26-,28?,29?,32+,35+,36+,37+,38+/m1/s1. The van der Waals surface area contributed by atoms with Gasteiger partial charge in [0.1, 0.15) is 11.8 Å². The summed E-state index contributed by atoms with van der Waals surface area (Å²) in [6.45, 7) is 7.21. The highest BCUT2D eigenvalue weighted by atomic mass is 32.2. The van der Waals surface area contributed by atoms with Gasteiger partial charge in [-0.15, -0.1) is 0 Å². The fourth-order valence-electron chi connectivity index (χ4n) is 9.57. The maximum atomic E-state index is 17.6. The molecule has 2 fully saturated rings. The molecule has 47 heavy (non-hydrogen) atoms. The lowest BCUT2D eigenvalue weighted by Gasteiger charge is -2.62. The number of hydrogen-bond acceptors (Lipinski definition) is 6. The van der Waals surface area contributed by atoms with Crippen LogP contribution in [0, 0.1) is 28.6 Å². The Morgan fingerprint density at radius 3 is 2.34 bits per heavy atom. The van der Waals surface area contributed by atoms with Gasteiger partial charge >= 0.3 is 5.97 Å². The summed E-state index contributed by atoms with van der Waals surface area (Å²) >= 11 is 0.427. The van der Waals surface area contributed by atoms with E-state index in [4.69, 9.17) is 4.74 Å². The third-order valence-electron chi connectivity index (χ3n) is 12.1. The van der Waals surface area contributed by atoms with Crippen molar-refractivity contribution in [2.45, 2.75) is 148 Å². The first kappa shape index (κ1) is 37.9. The van der Waals surface area contributed by atoms with Gasteiger partial charge in [0, 0.05) is 41.9 Å². The van der Waals surface area contributed by atoms with E-state index in [-0.39, 0.29) is 43.5 Å². The van der Waals surface area contributed by atoms with E-state index in [0.29, 0.717) is 18.2 Å². The van der Waals surface area contributed by atoms with Crippen molar-refractivity contribution in [3.05, 3.63) is 35.7 Å². The number of carbonyl (C=O) groups is 3. The van der Waals surface area contributed by atoms with E-state index in [2.05, 4.69) is 19.1 Å². The number of alkyl halides is 2. The Morgan fingerprint density at radius 2 is 1.68 bits per heavy atom. The van der Waals surface area contributed by atoms with Crippen LogP contribution in [0.25, 0.3) is 0 Å². The van der Waals surface area contributed by atoms with Crippen molar-refractivity contribution in [2.75, 3.05) is 6.01 Å². The third-order valence-corrected chi connectivity index (χ3v) is 12.8. The molecular weight excluding hydrogens is 625 g/mol. The molecule has 0 heterocycles. The van der Waals surface area contributed by atoms with Crippen LogP contribution in [0.4, 0.5) is 13.2 Å². The fourth-order valence-corrected chi connectivity index (χ4v) is 10.4. The Labute approximate surface area is 283 Å². The minimum absolute atomic E-state index is 0.0634. The number of thioether (sulfide) groups is 1. The van der Waals surface area contributed by atoms with Gasteiger partial charge < -0.3 is 9.84 Å². The molecule has 0 bridgehead atoms. The number of aliphatic hydroxyl groups is 1. The van der Waals surface area contributed by atoms with E-state index >= 15 is 8.78 Å². The number of allylic oxidation sites excluding steroid dienone is 6. The van der Waals surface area contributed by atoms with Crippen LogP contribution in [0.2, 0.25) is 0 Å². The molecule has 0 amide bonds. The van der Waals surface area contributed by atoms with E-state index in [1.807, 2.05) is 0 Å². The number of ether oxygens (including phenoxy) is 1. The lowest BCUT2D eigenvalue weighted by molar-refractivity contribution is -0.223. The minimum Gasteiger partial charge on any atom is -0.449 e. The number of hydrogen-bond donors (Lipinski definition) is 1. The van der Waals surface area contributed by atoms with Crippen molar-refractivity contribution in [1.82, 2.24) is 0 Å². The third kappa shape index (κ3) is 6.95. The van der Waals surface area contributed by atoms with Crippen LogP contribution < -0.4 is 0 Å². The summed E-state index contributed by atoms with van der Waals surface area (Å²) in [7, 11) is 0. The molecule has 8 atom stereocenters. The number of ketones is 1. The van der Waals surface area contributed by atoms with Gasteiger partial charge in [-0.05, 0) is 81.2 Å². The van der Waals surface area contributed by atoms with Crippen molar-refractivity contribution >= 4 is 28.6 Å². The average molecular weight is 681 g/mol. The van der Waals surface area contributed by atoms with Crippen LogP contribution >= 0.6 is 11.8 Å². The molecule has 0 spiro atoms. The molecule has 0 aromatic carbocycles. The van der Waals surface area contributed by atoms with E-state index in [9.17, 15) is 23.9 Å². The summed E-state index contributed by atoms with van der Waals surface area (Å²) in [4.78, 5) is 39.4. The smallest absolute Gasteiger partial charge is 0.306 e. The number of aliphatic hydroxyl groups excluding tert-OH is 1. The Hall–Kier alpha value is -1.87. The number of esters is 1. The summed E-state index contributed by atoms with van der Waals surface area (Å²) in [6.07, 6.45) is 16.9. The molecule has 4 aliphatic carbocycles. The number of fused-ring (bicyclic) bond motifs is 5. The van der Waals surface area contributed by atoms with Crippen LogP contribution in [-0.2, 0) is 19.1 Å². The molecule has 0 saturated heterocycles. The molecule has 4 aliphatic rings. The molecular formula is C38H55F3O5S. The first-order valence-electron chi connectivity index (χ1n) is 17.9. The summed E-state index contributed by atoms with van der Waals surface area (Å²) in [5.41, 5.74) is -6.83. The Bertz CT molecular complexity index is 1250. The summed E-state index contributed by atoms with van der Waals surface area (Å²) in [5, 5.41) is 11.0. The van der Waals surface area contributed by atoms with Gasteiger partial charge in [0.05, 0.1) is 6.10 Å². The zero-order valence-corrected chi connectivity index (χ0v) is 29.6. The number of carbonyl (C=O) groups excluding carboxylic acids is 3. The van der Waals surface area contributed by atoms with Crippen LogP contribution in [-0.4, -0.2) is 45.4 Å². The molecule has 0 radical (unpaired) electrons. The second-order valence-electron chi connectivity index (χ2n) is 14.9. The lowest BCUT2D eigenvalue weighted by atomic mass is 9.45. The van der Waals surface area contributed by atoms with Crippen LogP contribution in [0.3, 0.4) is 0 Å². The van der Waals surface area contributed by atoms with Gasteiger partial charge in [0.15, 0.2) is 17.1 Å². The maximum Gasteiger partial charge on any atom is 0.306 e. The topological polar surface area (TPSA) is 80.7 Å². The lowest BCUT2D eigenvalue weighted by Crippen LogP contribution is -2.69. The van der Waals surface area contributed by atoms with Crippen molar-refractivity contribution in [2.24, 2.45) is 28.6 Å². The first-order chi connectivity index (χ1) is 22.3. The molecule has 0 aromatic rings. The Morgan fingerprint density at radius 1 is 1.04 bits per heavy atom. The maximum absolute atomic E-state index is 17.6. The molecule has 264 valence electrons. The highest BCUT2D eigenvalue weighted by molar-refractivity contribution is 8.13. The quantitative estimate of drug-likeness (QED) is 0.0994. The zero-order chi connectivity index (χ0) is 34.5. The second kappa shape index (κ2) is 15.8. The van der Waals surface area contributed by atoms with E-state index in [1.54, 1.807) is 13.8 Å². The van der Waals surface area contributed by atoms with Crippen molar-refractivity contribution in [1.29, 1.82) is 0 Å². The Balaban J connectivity index is 1.43. The van der Waals surface area contributed by atoms with Crippen molar-refractivity contribution in [3.8, 4) is 0 Å². The second-order valence-corrected chi connectivity index (χ2v) is 15.8. The first-order valence-corrected chi connectivity index (χ1v) is 18.9. The van der Waals surface area contributed by atoms with Gasteiger partial charge in [0.2, 0.25) is 5.12 Å². The molecule has 1 N–H and O–H groups in total. The van der Waals surface area contributed by atoms with E-state index in [1.165, 1.54) is 44.8 Å². The molecule has 9 heteroatoms. The van der Waals surface area contributed by atoms with Gasteiger partial charge in [-0.1, -0.05) is 77.5 Å². The monoisotopic (exact) mass is 680 g/mol. The highest BCUT2D eigenvalue weighted by Crippen LogP contribution is 2.72. The number of rotatable bonds is 16. The van der Waals surface area contributed by atoms with E-state index in [0.717, 1.165) is 38.5 Å². The molecule has 2 unspecified atom stereocenters.